The molecule has 0 aromatic heterocycles. The number of ether oxygens (including phenoxy) is 1. The highest BCUT2D eigenvalue weighted by atomic mass is 35.5. The van der Waals surface area contributed by atoms with Crippen LogP contribution in [0, 0.1) is 0 Å². The summed E-state index contributed by atoms with van der Waals surface area (Å²) in [6.07, 6.45) is 0. The molecule has 1 saturated heterocycles. The van der Waals surface area contributed by atoms with Crippen molar-refractivity contribution in [3.05, 3.63) is 28.8 Å². The molecular formula is C13H19ClN2O. The zero-order valence-corrected chi connectivity index (χ0v) is 11.1. The molecule has 0 saturated carbocycles. The molecule has 0 aliphatic carbocycles. The molecule has 0 amide bonds. The molecule has 3 nitrogen and oxygen atoms in total. The van der Waals surface area contributed by atoms with Gasteiger partial charge in [0.15, 0.2) is 0 Å². The average Bonchev–Trinajstić information content (AvgIpc) is 2.32. The van der Waals surface area contributed by atoms with Gasteiger partial charge in [0.25, 0.3) is 0 Å². The summed E-state index contributed by atoms with van der Waals surface area (Å²) in [5, 5.41) is 4.22. The molecule has 2 rings (SSSR count). The Morgan fingerprint density at radius 2 is 2.35 bits per heavy atom. The van der Waals surface area contributed by atoms with Gasteiger partial charge in [-0.05, 0) is 19.1 Å². The second kappa shape index (κ2) is 5.71. The smallest absolute Gasteiger partial charge is 0.124 e. The van der Waals surface area contributed by atoms with Crippen LogP contribution in [0.3, 0.4) is 0 Å². The van der Waals surface area contributed by atoms with E-state index in [9.17, 15) is 0 Å². The van der Waals surface area contributed by atoms with Crippen molar-refractivity contribution < 1.29 is 4.74 Å². The standard InChI is InChI=1S/C13H19ClN2O/c1-10-8-16(7-6-15-10)9-11-12(14)4-3-5-13(11)17-2/h3-5,10,15H,6-9H2,1-2H3/t10-/m1/s1. The van der Waals surface area contributed by atoms with Crippen LogP contribution in [-0.2, 0) is 6.54 Å². The van der Waals surface area contributed by atoms with Gasteiger partial charge >= 0.3 is 0 Å². The maximum absolute atomic E-state index is 6.24. The van der Waals surface area contributed by atoms with E-state index in [1.165, 1.54) is 0 Å². The van der Waals surface area contributed by atoms with E-state index in [4.69, 9.17) is 16.3 Å². The van der Waals surface area contributed by atoms with E-state index in [0.29, 0.717) is 6.04 Å². The predicted octanol–water partition coefficient (Wildman–Crippen LogP) is 2.14. The van der Waals surface area contributed by atoms with Crippen molar-refractivity contribution in [3.63, 3.8) is 0 Å². The normalized spacial score (nSPS) is 21.5. The SMILES string of the molecule is COc1cccc(Cl)c1CN1CCN[C@H](C)C1. The lowest BCUT2D eigenvalue weighted by Gasteiger charge is -2.32. The van der Waals surface area contributed by atoms with E-state index in [0.717, 1.165) is 42.5 Å². The van der Waals surface area contributed by atoms with E-state index in [1.807, 2.05) is 18.2 Å². The van der Waals surface area contributed by atoms with Crippen LogP contribution in [0.1, 0.15) is 12.5 Å². The lowest BCUT2D eigenvalue weighted by molar-refractivity contribution is 0.197. The first-order chi connectivity index (χ1) is 8.20. The van der Waals surface area contributed by atoms with Gasteiger partial charge < -0.3 is 10.1 Å². The molecule has 0 spiro atoms. The monoisotopic (exact) mass is 254 g/mol. The van der Waals surface area contributed by atoms with Crippen LogP contribution in [0.15, 0.2) is 18.2 Å². The molecule has 1 aromatic carbocycles. The van der Waals surface area contributed by atoms with Crippen LogP contribution in [0.25, 0.3) is 0 Å². The number of nitrogens with zero attached hydrogens (tertiary/aromatic N) is 1. The van der Waals surface area contributed by atoms with Gasteiger partial charge in [0.2, 0.25) is 0 Å². The fourth-order valence-electron chi connectivity index (χ4n) is 2.26. The Bertz CT molecular complexity index is 384. The third kappa shape index (κ3) is 3.12. The highest BCUT2D eigenvalue weighted by Crippen LogP contribution is 2.27. The Balaban J connectivity index is 2.12. The molecule has 1 aromatic rings. The number of methoxy groups -OCH3 is 1. The minimum Gasteiger partial charge on any atom is -0.496 e. The van der Waals surface area contributed by atoms with Crippen LogP contribution in [0.5, 0.6) is 5.75 Å². The Morgan fingerprint density at radius 3 is 3.06 bits per heavy atom. The topological polar surface area (TPSA) is 24.5 Å². The van der Waals surface area contributed by atoms with Crippen LogP contribution in [-0.4, -0.2) is 37.7 Å². The summed E-state index contributed by atoms with van der Waals surface area (Å²) < 4.78 is 5.37. The van der Waals surface area contributed by atoms with E-state index in [2.05, 4.69) is 17.1 Å². The third-order valence-corrected chi connectivity index (χ3v) is 3.48. The predicted molar refractivity (Wildman–Crippen MR) is 70.7 cm³/mol. The summed E-state index contributed by atoms with van der Waals surface area (Å²) in [6.45, 7) is 6.20. The molecule has 0 bridgehead atoms. The Morgan fingerprint density at radius 1 is 1.53 bits per heavy atom. The van der Waals surface area contributed by atoms with Crippen molar-refractivity contribution in [3.8, 4) is 5.75 Å². The van der Waals surface area contributed by atoms with Crippen LogP contribution >= 0.6 is 11.6 Å². The Labute approximate surface area is 108 Å². The Hall–Kier alpha value is -0.770. The number of hydrogen-bond donors (Lipinski definition) is 1. The minimum atomic E-state index is 0.539. The van der Waals surface area contributed by atoms with Crippen molar-refractivity contribution in [1.82, 2.24) is 10.2 Å². The lowest BCUT2D eigenvalue weighted by atomic mass is 10.1. The summed E-state index contributed by atoms with van der Waals surface area (Å²) in [6, 6.07) is 6.35. The van der Waals surface area contributed by atoms with Crippen molar-refractivity contribution in [2.24, 2.45) is 0 Å². The van der Waals surface area contributed by atoms with Gasteiger partial charge in [-0.2, -0.15) is 0 Å². The van der Waals surface area contributed by atoms with Crippen LogP contribution in [0.4, 0.5) is 0 Å². The van der Waals surface area contributed by atoms with Gasteiger partial charge in [-0.25, -0.2) is 0 Å². The van der Waals surface area contributed by atoms with Crippen molar-refractivity contribution in [2.75, 3.05) is 26.7 Å². The second-order valence-electron chi connectivity index (χ2n) is 4.51. The molecule has 17 heavy (non-hydrogen) atoms. The quantitative estimate of drug-likeness (QED) is 0.895. The second-order valence-corrected chi connectivity index (χ2v) is 4.92. The van der Waals surface area contributed by atoms with Crippen molar-refractivity contribution in [1.29, 1.82) is 0 Å². The fourth-order valence-corrected chi connectivity index (χ4v) is 2.49. The fraction of sp³-hybridized carbons (Fsp3) is 0.538. The minimum absolute atomic E-state index is 0.539. The first-order valence-corrected chi connectivity index (χ1v) is 6.35. The van der Waals surface area contributed by atoms with Gasteiger partial charge in [0, 0.05) is 42.8 Å². The molecule has 1 heterocycles. The van der Waals surface area contributed by atoms with Crippen LogP contribution < -0.4 is 10.1 Å². The van der Waals surface area contributed by atoms with E-state index < -0.39 is 0 Å². The van der Waals surface area contributed by atoms with Gasteiger partial charge in [-0.15, -0.1) is 0 Å². The first kappa shape index (κ1) is 12.7. The maximum atomic E-state index is 6.24. The summed E-state index contributed by atoms with van der Waals surface area (Å²) in [7, 11) is 1.69. The van der Waals surface area contributed by atoms with Gasteiger partial charge in [-0.3, -0.25) is 4.90 Å². The molecule has 1 fully saturated rings. The van der Waals surface area contributed by atoms with Gasteiger partial charge in [0.1, 0.15) is 5.75 Å². The maximum Gasteiger partial charge on any atom is 0.124 e. The molecule has 94 valence electrons. The molecule has 4 heteroatoms. The summed E-state index contributed by atoms with van der Waals surface area (Å²) in [5.41, 5.74) is 1.09. The zero-order valence-electron chi connectivity index (χ0n) is 10.4. The van der Waals surface area contributed by atoms with Crippen LogP contribution in [0.2, 0.25) is 5.02 Å². The first-order valence-electron chi connectivity index (χ1n) is 5.98. The molecule has 0 radical (unpaired) electrons. The van der Waals surface area contributed by atoms with Crippen molar-refractivity contribution in [2.45, 2.75) is 19.5 Å². The number of hydrogen-bond acceptors (Lipinski definition) is 3. The molecule has 1 atom stereocenters. The summed E-state index contributed by atoms with van der Waals surface area (Å²) in [5.74, 6) is 0.878. The molecule has 1 aliphatic rings. The largest absolute Gasteiger partial charge is 0.496 e. The zero-order chi connectivity index (χ0) is 12.3. The average molecular weight is 255 g/mol. The molecule has 1 aliphatic heterocycles. The lowest BCUT2D eigenvalue weighted by Crippen LogP contribution is -2.48. The van der Waals surface area contributed by atoms with Gasteiger partial charge in [0.05, 0.1) is 7.11 Å². The van der Waals surface area contributed by atoms with E-state index in [1.54, 1.807) is 7.11 Å². The number of piperazine rings is 1. The molecule has 0 unspecified atom stereocenters. The van der Waals surface area contributed by atoms with E-state index in [-0.39, 0.29) is 0 Å². The highest BCUT2D eigenvalue weighted by molar-refractivity contribution is 6.31. The number of halogens is 1. The van der Waals surface area contributed by atoms with E-state index >= 15 is 0 Å². The molecular weight excluding hydrogens is 236 g/mol. The Kier molecular flexibility index (Phi) is 4.26. The number of nitrogens with one attached hydrogen (secondary N) is 1. The summed E-state index contributed by atoms with van der Waals surface area (Å²) >= 11 is 6.24. The van der Waals surface area contributed by atoms with Crippen molar-refractivity contribution >= 4 is 11.6 Å². The van der Waals surface area contributed by atoms with Gasteiger partial charge in [-0.1, -0.05) is 17.7 Å². The number of rotatable bonds is 3. The molecule has 1 N–H and O–H groups in total. The number of benzene rings is 1. The third-order valence-electron chi connectivity index (χ3n) is 3.13. The highest BCUT2D eigenvalue weighted by Gasteiger charge is 2.18. The summed E-state index contributed by atoms with van der Waals surface area (Å²) in [4.78, 5) is 2.41.